The van der Waals surface area contributed by atoms with Crippen LogP contribution in [-0.4, -0.2) is 27.1 Å². The number of hydrogen-bond donors (Lipinski definition) is 2. The highest BCUT2D eigenvalue weighted by atomic mass is 32.2. The Kier molecular flexibility index (Phi) is 6.89. The van der Waals surface area contributed by atoms with E-state index in [0.29, 0.717) is 26.7 Å². The molecular formula is C28H22N4O3S2. The van der Waals surface area contributed by atoms with Crippen LogP contribution in [0.2, 0.25) is 0 Å². The van der Waals surface area contributed by atoms with E-state index < -0.39 is 5.91 Å². The molecule has 0 aliphatic rings. The van der Waals surface area contributed by atoms with Crippen molar-refractivity contribution in [3.63, 3.8) is 0 Å². The SMILES string of the molecule is Cc1sc2nc(SCC(=O)Nc3ccccc3C(N)=O)n(-c3ccccc3)c(=O)c2c1-c1ccccc1. The number of anilines is 1. The van der Waals surface area contributed by atoms with Gasteiger partial charge in [0.05, 0.1) is 28.1 Å². The summed E-state index contributed by atoms with van der Waals surface area (Å²) < 4.78 is 1.55. The van der Waals surface area contributed by atoms with Crippen LogP contribution >= 0.6 is 23.1 Å². The summed E-state index contributed by atoms with van der Waals surface area (Å²) >= 11 is 2.61. The number of thioether (sulfide) groups is 1. The summed E-state index contributed by atoms with van der Waals surface area (Å²) in [6.45, 7) is 1.98. The molecule has 0 bridgehead atoms. The third kappa shape index (κ3) is 4.91. The Morgan fingerprint density at radius 2 is 1.62 bits per heavy atom. The van der Waals surface area contributed by atoms with E-state index in [1.54, 1.807) is 28.8 Å². The zero-order valence-corrected chi connectivity index (χ0v) is 21.4. The molecule has 37 heavy (non-hydrogen) atoms. The monoisotopic (exact) mass is 526 g/mol. The minimum Gasteiger partial charge on any atom is -0.366 e. The summed E-state index contributed by atoms with van der Waals surface area (Å²) in [7, 11) is 0. The van der Waals surface area contributed by atoms with E-state index in [9.17, 15) is 14.4 Å². The number of primary amides is 1. The fourth-order valence-corrected chi connectivity index (χ4v) is 6.02. The van der Waals surface area contributed by atoms with Gasteiger partial charge in [-0.1, -0.05) is 72.4 Å². The summed E-state index contributed by atoms with van der Waals surface area (Å²) in [6, 6.07) is 25.6. The van der Waals surface area contributed by atoms with E-state index in [1.165, 1.54) is 11.3 Å². The van der Waals surface area contributed by atoms with Gasteiger partial charge in [-0.2, -0.15) is 0 Å². The van der Waals surface area contributed by atoms with Crippen LogP contribution in [0.15, 0.2) is 94.9 Å². The Hall–Kier alpha value is -4.21. The molecule has 3 N–H and O–H groups in total. The topological polar surface area (TPSA) is 107 Å². The maximum atomic E-state index is 14.0. The molecule has 2 amide bonds. The molecule has 7 nitrogen and oxygen atoms in total. The summed E-state index contributed by atoms with van der Waals surface area (Å²) in [5, 5.41) is 3.70. The summed E-state index contributed by atoms with van der Waals surface area (Å²) in [4.78, 5) is 44.9. The highest BCUT2D eigenvalue weighted by Crippen LogP contribution is 2.37. The van der Waals surface area contributed by atoms with Gasteiger partial charge in [-0.3, -0.25) is 19.0 Å². The van der Waals surface area contributed by atoms with E-state index in [4.69, 9.17) is 10.7 Å². The van der Waals surface area contributed by atoms with Crippen LogP contribution < -0.4 is 16.6 Å². The van der Waals surface area contributed by atoms with Crippen molar-refractivity contribution in [3.8, 4) is 16.8 Å². The molecule has 184 valence electrons. The predicted octanol–water partition coefficient (Wildman–Crippen LogP) is 5.25. The van der Waals surface area contributed by atoms with Crippen molar-refractivity contribution in [1.82, 2.24) is 9.55 Å². The first kappa shape index (κ1) is 24.5. The van der Waals surface area contributed by atoms with Gasteiger partial charge < -0.3 is 11.1 Å². The van der Waals surface area contributed by atoms with Crippen molar-refractivity contribution in [3.05, 3.63) is 106 Å². The Bertz CT molecular complexity index is 1680. The molecule has 0 atom stereocenters. The molecule has 0 aliphatic heterocycles. The van der Waals surface area contributed by atoms with Crippen LogP contribution in [0.25, 0.3) is 27.0 Å². The van der Waals surface area contributed by atoms with Crippen molar-refractivity contribution in [2.45, 2.75) is 12.1 Å². The second-order valence-corrected chi connectivity index (χ2v) is 10.3. The number of para-hydroxylation sites is 2. The molecule has 0 radical (unpaired) electrons. The molecule has 2 aromatic heterocycles. The van der Waals surface area contributed by atoms with Gasteiger partial charge in [0.2, 0.25) is 5.91 Å². The molecule has 0 fully saturated rings. The highest BCUT2D eigenvalue weighted by molar-refractivity contribution is 7.99. The van der Waals surface area contributed by atoms with Crippen LogP contribution in [-0.2, 0) is 4.79 Å². The number of aromatic nitrogens is 2. The molecule has 5 aromatic rings. The molecule has 0 spiro atoms. The fourth-order valence-electron chi connectivity index (χ4n) is 4.12. The van der Waals surface area contributed by atoms with Crippen molar-refractivity contribution in [2.75, 3.05) is 11.1 Å². The summed E-state index contributed by atoms with van der Waals surface area (Å²) in [6.07, 6.45) is 0. The normalized spacial score (nSPS) is 10.9. The summed E-state index contributed by atoms with van der Waals surface area (Å²) in [5.74, 6) is -0.996. The van der Waals surface area contributed by atoms with E-state index in [0.717, 1.165) is 27.8 Å². The number of nitrogens with two attached hydrogens (primary N) is 1. The first-order valence-corrected chi connectivity index (χ1v) is 13.2. The van der Waals surface area contributed by atoms with E-state index in [1.807, 2.05) is 67.6 Å². The molecule has 0 unspecified atom stereocenters. The molecule has 0 saturated heterocycles. The Balaban J connectivity index is 1.55. The van der Waals surface area contributed by atoms with Gasteiger partial charge in [0, 0.05) is 10.4 Å². The zero-order chi connectivity index (χ0) is 25.9. The third-order valence-corrected chi connectivity index (χ3v) is 7.68. The van der Waals surface area contributed by atoms with Crippen LogP contribution in [0.1, 0.15) is 15.2 Å². The number of thiophene rings is 1. The van der Waals surface area contributed by atoms with Gasteiger partial charge >= 0.3 is 0 Å². The number of amides is 2. The summed E-state index contributed by atoms with van der Waals surface area (Å²) in [5.41, 5.74) is 8.28. The number of benzene rings is 3. The lowest BCUT2D eigenvalue weighted by molar-refractivity contribution is -0.113. The molecule has 9 heteroatoms. The quantitative estimate of drug-likeness (QED) is 0.222. The van der Waals surface area contributed by atoms with Gasteiger partial charge in [0.1, 0.15) is 4.83 Å². The number of rotatable bonds is 7. The number of nitrogens with one attached hydrogen (secondary N) is 1. The number of carbonyl (C=O) groups excluding carboxylic acids is 2. The Labute approximate surface area is 221 Å². The second kappa shape index (κ2) is 10.4. The number of hydrogen-bond acceptors (Lipinski definition) is 6. The van der Waals surface area contributed by atoms with Crippen LogP contribution in [0.5, 0.6) is 0 Å². The Morgan fingerprint density at radius 1 is 0.973 bits per heavy atom. The molecule has 0 saturated carbocycles. The van der Waals surface area contributed by atoms with E-state index in [2.05, 4.69) is 5.32 Å². The highest BCUT2D eigenvalue weighted by Gasteiger charge is 2.21. The molecule has 0 aliphatic carbocycles. The minimum absolute atomic E-state index is 0.0201. The van der Waals surface area contributed by atoms with Gasteiger partial charge in [0.25, 0.3) is 11.5 Å². The predicted molar refractivity (Wildman–Crippen MR) is 150 cm³/mol. The average molecular weight is 527 g/mol. The molecule has 2 heterocycles. The van der Waals surface area contributed by atoms with Crippen LogP contribution in [0, 0.1) is 6.92 Å². The largest absolute Gasteiger partial charge is 0.366 e. The average Bonchev–Trinajstić information content (AvgIpc) is 3.24. The molecule has 3 aromatic carbocycles. The number of nitrogens with zero attached hydrogens (tertiary/aromatic N) is 2. The van der Waals surface area contributed by atoms with Crippen molar-refractivity contribution in [1.29, 1.82) is 0 Å². The van der Waals surface area contributed by atoms with Crippen LogP contribution in [0.4, 0.5) is 5.69 Å². The number of fused-ring (bicyclic) bond motifs is 1. The Morgan fingerprint density at radius 3 is 2.32 bits per heavy atom. The van der Waals surface area contributed by atoms with Gasteiger partial charge in [-0.25, -0.2) is 4.98 Å². The lowest BCUT2D eigenvalue weighted by Gasteiger charge is -2.13. The fraction of sp³-hybridized carbons (Fsp3) is 0.0714. The lowest BCUT2D eigenvalue weighted by atomic mass is 10.0. The molecule has 5 rings (SSSR count). The minimum atomic E-state index is -0.629. The van der Waals surface area contributed by atoms with E-state index >= 15 is 0 Å². The van der Waals surface area contributed by atoms with Gasteiger partial charge in [-0.05, 0) is 36.8 Å². The van der Waals surface area contributed by atoms with Gasteiger partial charge in [0.15, 0.2) is 5.16 Å². The number of aryl methyl sites for hydroxylation is 1. The maximum absolute atomic E-state index is 14.0. The van der Waals surface area contributed by atoms with Crippen molar-refractivity contribution in [2.24, 2.45) is 5.73 Å². The second-order valence-electron chi connectivity index (χ2n) is 8.20. The smallest absolute Gasteiger partial charge is 0.268 e. The first-order valence-electron chi connectivity index (χ1n) is 11.4. The lowest BCUT2D eigenvalue weighted by Crippen LogP contribution is -2.23. The van der Waals surface area contributed by atoms with Gasteiger partial charge in [-0.15, -0.1) is 11.3 Å². The maximum Gasteiger partial charge on any atom is 0.268 e. The van der Waals surface area contributed by atoms with Crippen molar-refractivity contribution >= 4 is 50.8 Å². The van der Waals surface area contributed by atoms with Crippen molar-refractivity contribution < 1.29 is 9.59 Å². The third-order valence-electron chi connectivity index (χ3n) is 5.75. The standard InChI is InChI=1S/C28H22N4O3S2/c1-17-23(18-10-4-2-5-11-18)24-26(37-17)31-28(32(27(24)35)19-12-6-3-7-13-19)36-16-22(33)30-21-15-9-8-14-20(21)25(29)34/h2-15H,16H2,1H3,(H2,29,34)(H,30,33). The van der Waals surface area contributed by atoms with E-state index in [-0.39, 0.29) is 22.8 Å². The number of carbonyl (C=O) groups is 2. The first-order chi connectivity index (χ1) is 17.9. The zero-order valence-electron chi connectivity index (χ0n) is 19.8. The van der Waals surface area contributed by atoms with Crippen LogP contribution in [0.3, 0.4) is 0 Å². The molecular weight excluding hydrogens is 504 g/mol.